The van der Waals surface area contributed by atoms with Crippen LogP contribution in [0.15, 0.2) is 22.7 Å². The van der Waals surface area contributed by atoms with Crippen LogP contribution in [0.2, 0.25) is 0 Å². The van der Waals surface area contributed by atoms with Crippen LogP contribution in [0.5, 0.6) is 0 Å². The molecule has 150 valence electrons. The summed E-state index contributed by atoms with van der Waals surface area (Å²) >= 11 is 0. The molecule has 0 bridgehead atoms. The van der Waals surface area contributed by atoms with E-state index in [2.05, 4.69) is 15.8 Å². The molecule has 28 heavy (non-hydrogen) atoms. The molecule has 6 nitrogen and oxygen atoms in total. The van der Waals surface area contributed by atoms with Crippen LogP contribution in [0.3, 0.4) is 0 Å². The molecule has 1 aromatic heterocycles. The van der Waals surface area contributed by atoms with Gasteiger partial charge in [0.2, 0.25) is 5.91 Å². The summed E-state index contributed by atoms with van der Waals surface area (Å²) in [5.41, 5.74) is 4.06. The smallest absolute Gasteiger partial charge is 0.251 e. The number of aryl methyl sites for hydroxylation is 3. The molecule has 2 N–H and O–H groups in total. The van der Waals surface area contributed by atoms with Gasteiger partial charge in [0, 0.05) is 29.3 Å². The standard InChI is InChI=1S/C22H29N3O3/c1-14-13-17(22(27)23-18-7-5-4-6-8-18)9-11-20(14)24-21(26)12-10-19-15(2)25-28-16(19)3/h9,11,13,18H,4-8,10,12H2,1-3H3,(H,23,27)(H,24,26). The Balaban J connectivity index is 1.56. The van der Waals surface area contributed by atoms with Gasteiger partial charge in [0.25, 0.3) is 5.91 Å². The number of benzene rings is 1. The highest BCUT2D eigenvalue weighted by Gasteiger charge is 2.17. The van der Waals surface area contributed by atoms with Crippen LogP contribution in [-0.2, 0) is 11.2 Å². The van der Waals surface area contributed by atoms with Crippen LogP contribution in [0.25, 0.3) is 0 Å². The van der Waals surface area contributed by atoms with Crippen molar-refractivity contribution in [2.45, 2.75) is 71.8 Å². The fraction of sp³-hybridized carbons (Fsp3) is 0.500. The van der Waals surface area contributed by atoms with E-state index in [0.29, 0.717) is 18.4 Å². The number of carbonyl (C=O) groups excluding carboxylic acids is 2. The molecule has 0 saturated heterocycles. The number of hydrogen-bond acceptors (Lipinski definition) is 4. The van der Waals surface area contributed by atoms with E-state index in [4.69, 9.17) is 4.52 Å². The molecule has 1 saturated carbocycles. The van der Waals surface area contributed by atoms with Gasteiger partial charge >= 0.3 is 0 Å². The zero-order valence-electron chi connectivity index (χ0n) is 16.9. The molecule has 0 unspecified atom stereocenters. The Bertz CT molecular complexity index is 831. The van der Waals surface area contributed by atoms with Crippen molar-refractivity contribution in [1.29, 1.82) is 0 Å². The first-order valence-corrected chi connectivity index (χ1v) is 10.1. The fourth-order valence-corrected chi connectivity index (χ4v) is 3.77. The minimum absolute atomic E-state index is 0.0358. The number of rotatable bonds is 6. The predicted octanol–water partition coefficient (Wildman–Crippen LogP) is 4.23. The first-order valence-electron chi connectivity index (χ1n) is 10.1. The molecular formula is C22H29N3O3. The van der Waals surface area contributed by atoms with Gasteiger partial charge in [0.15, 0.2) is 0 Å². The highest BCUT2D eigenvalue weighted by Crippen LogP contribution is 2.20. The Hall–Kier alpha value is -2.63. The van der Waals surface area contributed by atoms with Crippen LogP contribution in [0.4, 0.5) is 5.69 Å². The van der Waals surface area contributed by atoms with E-state index < -0.39 is 0 Å². The second-order valence-corrected chi connectivity index (χ2v) is 7.69. The Kier molecular flexibility index (Phi) is 6.49. The van der Waals surface area contributed by atoms with Crippen molar-refractivity contribution in [3.05, 3.63) is 46.3 Å². The van der Waals surface area contributed by atoms with Crippen molar-refractivity contribution in [2.75, 3.05) is 5.32 Å². The van der Waals surface area contributed by atoms with E-state index in [1.54, 1.807) is 12.1 Å². The lowest BCUT2D eigenvalue weighted by Gasteiger charge is -2.23. The Labute approximate surface area is 166 Å². The van der Waals surface area contributed by atoms with Gasteiger partial charge in [-0.1, -0.05) is 24.4 Å². The van der Waals surface area contributed by atoms with Crippen molar-refractivity contribution in [2.24, 2.45) is 0 Å². The summed E-state index contributed by atoms with van der Waals surface area (Å²) in [4.78, 5) is 24.8. The number of aromatic nitrogens is 1. The van der Waals surface area contributed by atoms with Crippen molar-refractivity contribution >= 4 is 17.5 Å². The third kappa shape index (κ3) is 5.00. The average molecular weight is 383 g/mol. The maximum atomic E-state index is 12.5. The molecule has 0 radical (unpaired) electrons. The predicted molar refractivity (Wildman–Crippen MR) is 108 cm³/mol. The number of hydrogen-bond donors (Lipinski definition) is 2. The van der Waals surface area contributed by atoms with Crippen molar-refractivity contribution in [1.82, 2.24) is 10.5 Å². The van der Waals surface area contributed by atoms with Gasteiger partial charge in [-0.2, -0.15) is 0 Å². The highest BCUT2D eigenvalue weighted by atomic mass is 16.5. The Morgan fingerprint density at radius 3 is 2.54 bits per heavy atom. The molecule has 6 heteroatoms. The van der Waals surface area contributed by atoms with Crippen LogP contribution in [0.1, 0.15) is 71.5 Å². The van der Waals surface area contributed by atoms with Gasteiger partial charge in [0.05, 0.1) is 5.69 Å². The topological polar surface area (TPSA) is 84.2 Å². The summed E-state index contributed by atoms with van der Waals surface area (Å²) in [6.45, 7) is 5.64. The molecule has 2 aromatic rings. The van der Waals surface area contributed by atoms with E-state index in [1.165, 1.54) is 19.3 Å². The van der Waals surface area contributed by atoms with Gasteiger partial charge in [-0.15, -0.1) is 0 Å². The normalized spacial score (nSPS) is 14.7. The molecule has 0 atom stereocenters. The number of carbonyl (C=O) groups is 2. The second-order valence-electron chi connectivity index (χ2n) is 7.69. The minimum atomic E-state index is -0.0671. The van der Waals surface area contributed by atoms with Crippen LogP contribution in [-0.4, -0.2) is 23.0 Å². The zero-order chi connectivity index (χ0) is 20.1. The summed E-state index contributed by atoms with van der Waals surface area (Å²) < 4.78 is 5.14. The number of nitrogens with one attached hydrogen (secondary N) is 2. The summed E-state index contributed by atoms with van der Waals surface area (Å²) in [6, 6.07) is 5.70. The van der Waals surface area contributed by atoms with Gasteiger partial charge in [-0.3, -0.25) is 9.59 Å². The maximum Gasteiger partial charge on any atom is 0.251 e. The fourth-order valence-electron chi connectivity index (χ4n) is 3.77. The molecular weight excluding hydrogens is 354 g/mol. The summed E-state index contributed by atoms with van der Waals surface area (Å²) in [5.74, 6) is 0.656. The van der Waals surface area contributed by atoms with E-state index in [1.807, 2.05) is 26.8 Å². The molecule has 1 heterocycles. The van der Waals surface area contributed by atoms with Gasteiger partial charge in [0.1, 0.15) is 5.76 Å². The van der Waals surface area contributed by atoms with Gasteiger partial charge < -0.3 is 15.2 Å². The molecule has 3 rings (SSSR count). The van der Waals surface area contributed by atoms with Gasteiger partial charge in [-0.25, -0.2) is 0 Å². The summed E-state index contributed by atoms with van der Waals surface area (Å²) in [5, 5.41) is 9.98. The van der Waals surface area contributed by atoms with Crippen LogP contribution in [0, 0.1) is 20.8 Å². The molecule has 0 spiro atoms. The van der Waals surface area contributed by atoms with E-state index in [9.17, 15) is 9.59 Å². The summed E-state index contributed by atoms with van der Waals surface area (Å²) in [6.07, 6.45) is 6.69. The maximum absolute atomic E-state index is 12.5. The van der Waals surface area contributed by atoms with E-state index in [0.717, 1.165) is 41.1 Å². The van der Waals surface area contributed by atoms with Gasteiger partial charge in [-0.05, 0) is 63.8 Å². The Morgan fingerprint density at radius 1 is 1.14 bits per heavy atom. The van der Waals surface area contributed by atoms with Crippen molar-refractivity contribution in [3.63, 3.8) is 0 Å². The largest absolute Gasteiger partial charge is 0.361 e. The lowest BCUT2D eigenvalue weighted by atomic mass is 9.95. The van der Waals surface area contributed by atoms with Crippen molar-refractivity contribution in [3.8, 4) is 0 Å². The molecule has 1 aromatic carbocycles. The molecule has 1 aliphatic carbocycles. The molecule has 2 amide bonds. The lowest BCUT2D eigenvalue weighted by Crippen LogP contribution is -2.36. The highest BCUT2D eigenvalue weighted by molar-refractivity contribution is 5.96. The zero-order valence-corrected chi connectivity index (χ0v) is 16.9. The molecule has 0 aliphatic heterocycles. The molecule has 1 fully saturated rings. The average Bonchev–Trinajstić information content (AvgIpc) is 3.00. The van der Waals surface area contributed by atoms with E-state index >= 15 is 0 Å². The first-order chi connectivity index (χ1) is 13.4. The molecule has 1 aliphatic rings. The third-order valence-corrected chi connectivity index (χ3v) is 5.49. The monoisotopic (exact) mass is 383 g/mol. The van der Waals surface area contributed by atoms with Crippen LogP contribution >= 0.6 is 0 Å². The number of nitrogens with zero attached hydrogens (tertiary/aromatic N) is 1. The SMILES string of the molecule is Cc1cc(C(=O)NC2CCCCC2)ccc1NC(=O)CCc1c(C)noc1C. The Morgan fingerprint density at radius 2 is 1.89 bits per heavy atom. The number of amides is 2. The lowest BCUT2D eigenvalue weighted by molar-refractivity contribution is -0.116. The first kappa shape index (κ1) is 20.1. The van der Waals surface area contributed by atoms with Crippen molar-refractivity contribution < 1.29 is 14.1 Å². The van der Waals surface area contributed by atoms with Crippen LogP contribution < -0.4 is 10.6 Å². The summed E-state index contributed by atoms with van der Waals surface area (Å²) in [7, 11) is 0. The second kappa shape index (κ2) is 9.04. The minimum Gasteiger partial charge on any atom is -0.361 e. The van der Waals surface area contributed by atoms with E-state index in [-0.39, 0.29) is 17.9 Å². The quantitative estimate of drug-likeness (QED) is 0.782. The number of anilines is 1. The third-order valence-electron chi connectivity index (χ3n) is 5.49.